The minimum atomic E-state index is -1.52. The average Bonchev–Trinajstić information content (AvgIpc) is 2.74. The molecule has 20 heavy (non-hydrogen) atoms. The number of carboxylic acids is 2. The third kappa shape index (κ3) is 2.24. The van der Waals surface area contributed by atoms with Crippen LogP contribution in [0.4, 0.5) is 0 Å². The van der Waals surface area contributed by atoms with E-state index in [-0.39, 0.29) is 25.3 Å². The van der Waals surface area contributed by atoms with Crippen molar-refractivity contribution in [3.8, 4) is 0 Å². The maximum Gasteiger partial charge on any atom is 0.329 e. The van der Waals surface area contributed by atoms with Gasteiger partial charge in [0.25, 0.3) is 5.91 Å². The molecule has 6 heteroatoms. The zero-order valence-electron chi connectivity index (χ0n) is 11.0. The van der Waals surface area contributed by atoms with Crippen LogP contribution in [0.5, 0.6) is 0 Å². The number of rotatable bonds is 5. The summed E-state index contributed by atoms with van der Waals surface area (Å²) < 4.78 is 0. The van der Waals surface area contributed by atoms with Gasteiger partial charge in [0.1, 0.15) is 5.54 Å². The molecule has 1 atom stereocenters. The largest absolute Gasteiger partial charge is 0.481 e. The monoisotopic (exact) mass is 277 g/mol. The Balaban J connectivity index is 2.31. The molecule has 0 aliphatic carbocycles. The Labute approximate surface area is 115 Å². The molecule has 1 aromatic carbocycles. The van der Waals surface area contributed by atoms with E-state index in [4.69, 9.17) is 5.11 Å². The number of nitrogens with zero attached hydrogens (tertiary/aromatic N) is 1. The molecule has 1 amide bonds. The number of benzene rings is 1. The maximum absolute atomic E-state index is 12.3. The van der Waals surface area contributed by atoms with Crippen LogP contribution in [0.15, 0.2) is 24.3 Å². The number of carbonyl (C=O) groups is 3. The summed E-state index contributed by atoms with van der Waals surface area (Å²) in [6.45, 7) is 1.58. The SMILES string of the molecule is CC(CCC(=O)O)(C(=O)O)N1Cc2ccccc2C1=O. The maximum atomic E-state index is 12.3. The molecule has 0 aromatic heterocycles. The molecule has 0 radical (unpaired) electrons. The van der Waals surface area contributed by atoms with E-state index in [1.54, 1.807) is 24.3 Å². The average molecular weight is 277 g/mol. The van der Waals surface area contributed by atoms with E-state index >= 15 is 0 Å². The van der Waals surface area contributed by atoms with Gasteiger partial charge in [-0.05, 0) is 25.0 Å². The molecule has 106 valence electrons. The highest BCUT2D eigenvalue weighted by atomic mass is 16.4. The highest BCUT2D eigenvalue weighted by Gasteiger charge is 2.45. The van der Waals surface area contributed by atoms with Crippen LogP contribution in [0.25, 0.3) is 0 Å². The summed E-state index contributed by atoms with van der Waals surface area (Å²) in [4.78, 5) is 35.8. The molecule has 1 unspecified atom stereocenters. The normalized spacial score (nSPS) is 16.6. The second-order valence-corrected chi connectivity index (χ2v) is 5.02. The van der Waals surface area contributed by atoms with Crippen molar-refractivity contribution in [1.29, 1.82) is 0 Å². The fraction of sp³-hybridized carbons (Fsp3) is 0.357. The van der Waals surface area contributed by atoms with Gasteiger partial charge in [0.2, 0.25) is 0 Å². The van der Waals surface area contributed by atoms with Crippen molar-refractivity contribution in [2.75, 3.05) is 0 Å². The van der Waals surface area contributed by atoms with E-state index in [9.17, 15) is 19.5 Å². The van der Waals surface area contributed by atoms with Gasteiger partial charge in [-0.1, -0.05) is 18.2 Å². The summed E-state index contributed by atoms with van der Waals surface area (Å²) in [5.74, 6) is -2.64. The molecule has 2 rings (SSSR count). The molecular weight excluding hydrogens is 262 g/mol. The fourth-order valence-corrected chi connectivity index (χ4v) is 2.36. The van der Waals surface area contributed by atoms with Crippen LogP contribution in [0.3, 0.4) is 0 Å². The Hall–Kier alpha value is -2.37. The van der Waals surface area contributed by atoms with E-state index in [1.807, 2.05) is 0 Å². The molecule has 1 aliphatic heterocycles. The van der Waals surface area contributed by atoms with Crippen molar-refractivity contribution in [1.82, 2.24) is 4.90 Å². The first-order chi connectivity index (χ1) is 9.36. The highest BCUT2D eigenvalue weighted by Crippen LogP contribution is 2.32. The molecule has 0 spiro atoms. The lowest BCUT2D eigenvalue weighted by Crippen LogP contribution is -2.52. The van der Waals surface area contributed by atoms with Crippen molar-refractivity contribution in [3.05, 3.63) is 35.4 Å². The Kier molecular flexibility index (Phi) is 3.48. The summed E-state index contributed by atoms with van der Waals surface area (Å²) in [7, 11) is 0. The highest BCUT2D eigenvalue weighted by molar-refractivity contribution is 6.01. The molecule has 2 N–H and O–H groups in total. The van der Waals surface area contributed by atoms with Crippen LogP contribution in [0.1, 0.15) is 35.7 Å². The molecule has 0 saturated heterocycles. The summed E-state index contributed by atoms with van der Waals surface area (Å²) in [5.41, 5.74) is -0.273. The molecule has 0 saturated carbocycles. The predicted octanol–water partition coefficient (Wildman–Crippen LogP) is 1.35. The first kappa shape index (κ1) is 14.0. The van der Waals surface area contributed by atoms with Gasteiger partial charge in [0.15, 0.2) is 0 Å². The van der Waals surface area contributed by atoms with E-state index in [0.717, 1.165) is 5.56 Å². The number of aliphatic carboxylic acids is 2. The lowest BCUT2D eigenvalue weighted by atomic mass is 9.93. The Bertz CT molecular complexity index is 583. The van der Waals surface area contributed by atoms with Gasteiger partial charge in [-0.25, -0.2) is 4.79 Å². The Morgan fingerprint density at radius 3 is 2.50 bits per heavy atom. The first-order valence-electron chi connectivity index (χ1n) is 6.21. The minimum absolute atomic E-state index is 0.128. The third-order valence-electron chi connectivity index (χ3n) is 3.70. The van der Waals surface area contributed by atoms with Crippen LogP contribution in [-0.2, 0) is 16.1 Å². The molecule has 1 heterocycles. The van der Waals surface area contributed by atoms with E-state index in [0.29, 0.717) is 5.56 Å². The lowest BCUT2D eigenvalue weighted by molar-refractivity contribution is -0.150. The number of carboxylic acid groups (broad SMARTS) is 2. The van der Waals surface area contributed by atoms with Crippen LogP contribution in [0, 0.1) is 0 Å². The number of fused-ring (bicyclic) bond motifs is 1. The fourth-order valence-electron chi connectivity index (χ4n) is 2.36. The number of hydrogen-bond acceptors (Lipinski definition) is 3. The minimum Gasteiger partial charge on any atom is -0.481 e. The number of hydrogen-bond donors (Lipinski definition) is 2. The van der Waals surface area contributed by atoms with Crippen LogP contribution >= 0.6 is 0 Å². The zero-order chi connectivity index (χ0) is 14.9. The Morgan fingerprint density at radius 1 is 1.30 bits per heavy atom. The van der Waals surface area contributed by atoms with E-state index in [1.165, 1.54) is 11.8 Å². The quantitative estimate of drug-likeness (QED) is 0.847. The smallest absolute Gasteiger partial charge is 0.329 e. The molecule has 0 bridgehead atoms. The Morgan fingerprint density at radius 2 is 1.95 bits per heavy atom. The van der Waals surface area contributed by atoms with Gasteiger partial charge >= 0.3 is 11.9 Å². The van der Waals surface area contributed by atoms with Gasteiger partial charge in [-0.15, -0.1) is 0 Å². The van der Waals surface area contributed by atoms with Crippen molar-refractivity contribution in [2.45, 2.75) is 31.8 Å². The summed E-state index contributed by atoms with van der Waals surface area (Å²) in [6, 6.07) is 6.92. The summed E-state index contributed by atoms with van der Waals surface area (Å²) in [6.07, 6.45) is -0.430. The molecular formula is C14H15NO5. The van der Waals surface area contributed by atoms with Crippen molar-refractivity contribution < 1.29 is 24.6 Å². The van der Waals surface area contributed by atoms with Gasteiger partial charge in [0.05, 0.1) is 0 Å². The molecule has 0 fully saturated rings. The predicted molar refractivity (Wildman–Crippen MR) is 69.2 cm³/mol. The van der Waals surface area contributed by atoms with Crippen LogP contribution < -0.4 is 0 Å². The zero-order valence-corrected chi connectivity index (χ0v) is 11.0. The lowest BCUT2D eigenvalue weighted by Gasteiger charge is -2.34. The number of carbonyl (C=O) groups excluding carboxylic acids is 1. The van der Waals surface area contributed by atoms with Crippen LogP contribution in [0.2, 0.25) is 0 Å². The van der Waals surface area contributed by atoms with Crippen molar-refractivity contribution in [2.24, 2.45) is 0 Å². The second-order valence-electron chi connectivity index (χ2n) is 5.02. The van der Waals surface area contributed by atoms with Gasteiger partial charge in [-0.2, -0.15) is 0 Å². The summed E-state index contributed by atoms with van der Waals surface area (Å²) >= 11 is 0. The molecule has 6 nitrogen and oxygen atoms in total. The first-order valence-corrected chi connectivity index (χ1v) is 6.21. The van der Waals surface area contributed by atoms with Gasteiger partial charge in [-0.3, -0.25) is 9.59 Å². The molecule has 1 aromatic rings. The van der Waals surface area contributed by atoms with Gasteiger partial charge in [0, 0.05) is 18.5 Å². The van der Waals surface area contributed by atoms with Crippen molar-refractivity contribution in [3.63, 3.8) is 0 Å². The second kappa shape index (κ2) is 4.96. The van der Waals surface area contributed by atoms with Crippen molar-refractivity contribution >= 4 is 17.8 Å². The summed E-state index contributed by atoms with van der Waals surface area (Å²) in [5, 5.41) is 18.2. The van der Waals surface area contributed by atoms with Gasteiger partial charge < -0.3 is 15.1 Å². The standard InChI is InChI=1S/C14H15NO5/c1-14(13(19)20,7-6-11(16)17)15-8-9-4-2-3-5-10(9)12(15)18/h2-5H,6-8H2,1H3,(H,16,17)(H,19,20). The van der Waals surface area contributed by atoms with Crippen LogP contribution in [-0.4, -0.2) is 38.5 Å². The third-order valence-corrected chi connectivity index (χ3v) is 3.70. The van der Waals surface area contributed by atoms with E-state index in [2.05, 4.69) is 0 Å². The van der Waals surface area contributed by atoms with E-state index < -0.39 is 17.5 Å². The molecule has 1 aliphatic rings. The number of amides is 1. The topological polar surface area (TPSA) is 94.9 Å².